The van der Waals surface area contributed by atoms with Crippen LogP contribution < -0.4 is 15.2 Å². The van der Waals surface area contributed by atoms with Crippen LogP contribution in [0.5, 0.6) is 5.75 Å². The van der Waals surface area contributed by atoms with Crippen LogP contribution in [-0.4, -0.2) is 0 Å². The van der Waals surface area contributed by atoms with Gasteiger partial charge in [0.25, 0.3) is 0 Å². The number of anilines is 2. The Kier molecular flexibility index (Phi) is 1.75. The topological polar surface area (TPSA) is 24.5 Å². The first kappa shape index (κ1) is 10.1. The molecule has 0 saturated heterocycles. The van der Waals surface area contributed by atoms with E-state index in [2.05, 4.69) is 41.7 Å². The molecule has 0 amide bonds. The second-order valence-corrected chi connectivity index (χ2v) is 5.18. The van der Waals surface area contributed by atoms with Crippen molar-refractivity contribution in [2.75, 3.05) is 10.4 Å². The van der Waals surface area contributed by atoms with E-state index in [9.17, 15) is 0 Å². The maximum atomic E-state index is 6.13. The zero-order chi connectivity index (χ0) is 13.1. The summed E-state index contributed by atoms with van der Waals surface area (Å²) in [6.45, 7) is 0. The molecule has 2 aliphatic heterocycles. The number of hydrogen-bond acceptors (Lipinski definition) is 3. The highest BCUT2D eigenvalue weighted by Crippen LogP contribution is 2.47. The number of para-hydroxylation sites is 2. The van der Waals surface area contributed by atoms with Crippen LogP contribution in [0.25, 0.3) is 10.8 Å². The van der Waals surface area contributed by atoms with Crippen LogP contribution in [-0.2, 0) is 0 Å². The van der Waals surface area contributed by atoms with Gasteiger partial charge in [0.2, 0.25) is 0 Å². The minimum Gasteiger partial charge on any atom is -0.376 e. The molecule has 1 unspecified atom stereocenters. The second kappa shape index (κ2) is 3.45. The van der Waals surface area contributed by atoms with Gasteiger partial charge in [0.1, 0.15) is 5.69 Å². The molecule has 0 saturated carbocycles. The van der Waals surface area contributed by atoms with Gasteiger partial charge in [-0.05, 0) is 23.6 Å². The number of fused-ring (bicyclic) bond motifs is 4. The standard InChI is InChI=1S/C17H12N2O/c1-2-9-14-13(8-1)18-17-12-7-3-5-11-6-4-10-15(16(11)12)20-19(14)17/h1-10,17-18H. The summed E-state index contributed by atoms with van der Waals surface area (Å²) >= 11 is 0. The summed E-state index contributed by atoms with van der Waals surface area (Å²) in [5.41, 5.74) is 3.46. The minimum atomic E-state index is 0.0472. The van der Waals surface area contributed by atoms with Gasteiger partial charge >= 0.3 is 0 Å². The van der Waals surface area contributed by atoms with Crippen molar-refractivity contribution in [3.05, 3.63) is 66.2 Å². The zero-order valence-electron chi connectivity index (χ0n) is 10.7. The third-order valence-electron chi connectivity index (χ3n) is 4.06. The van der Waals surface area contributed by atoms with Crippen molar-refractivity contribution in [1.82, 2.24) is 0 Å². The Bertz CT molecular complexity index is 838. The van der Waals surface area contributed by atoms with E-state index in [1.165, 1.54) is 16.3 Å². The van der Waals surface area contributed by atoms with Gasteiger partial charge in [-0.1, -0.05) is 42.5 Å². The van der Waals surface area contributed by atoms with Crippen LogP contribution in [0.2, 0.25) is 0 Å². The summed E-state index contributed by atoms with van der Waals surface area (Å²) in [5.74, 6) is 0.924. The Morgan fingerprint density at radius 3 is 2.70 bits per heavy atom. The van der Waals surface area contributed by atoms with Crippen molar-refractivity contribution in [2.45, 2.75) is 6.17 Å². The number of rotatable bonds is 0. The normalized spacial score (nSPS) is 18.2. The van der Waals surface area contributed by atoms with Crippen molar-refractivity contribution in [1.29, 1.82) is 0 Å². The van der Waals surface area contributed by atoms with Crippen LogP contribution in [0, 0.1) is 0 Å². The Hall–Kier alpha value is -2.68. The molecule has 2 aliphatic rings. The summed E-state index contributed by atoms with van der Waals surface area (Å²) in [6, 6.07) is 20.8. The molecule has 3 aromatic carbocycles. The molecule has 96 valence electrons. The average molecular weight is 260 g/mol. The molecule has 0 aromatic heterocycles. The SMILES string of the molecule is c1ccc2c(c1)NC1c3cccc4cccc(c34)ON21. The first-order valence-electron chi connectivity index (χ1n) is 6.76. The molecular weight excluding hydrogens is 248 g/mol. The van der Waals surface area contributed by atoms with Crippen LogP contribution >= 0.6 is 0 Å². The van der Waals surface area contributed by atoms with E-state index in [-0.39, 0.29) is 6.17 Å². The lowest BCUT2D eigenvalue weighted by atomic mass is 10.0. The molecule has 0 spiro atoms. The molecule has 0 aliphatic carbocycles. The van der Waals surface area contributed by atoms with Crippen molar-refractivity contribution in [3.8, 4) is 5.75 Å². The van der Waals surface area contributed by atoms with Gasteiger partial charge in [0, 0.05) is 10.9 Å². The Morgan fingerprint density at radius 1 is 0.900 bits per heavy atom. The molecule has 0 fully saturated rings. The third-order valence-corrected chi connectivity index (χ3v) is 4.06. The lowest BCUT2D eigenvalue weighted by Crippen LogP contribution is -2.34. The summed E-state index contributed by atoms with van der Waals surface area (Å²) in [7, 11) is 0. The number of nitrogens with zero attached hydrogens (tertiary/aromatic N) is 1. The monoisotopic (exact) mass is 260 g/mol. The summed E-state index contributed by atoms with van der Waals surface area (Å²) < 4.78 is 0. The summed E-state index contributed by atoms with van der Waals surface area (Å²) in [4.78, 5) is 6.13. The van der Waals surface area contributed by atoms with E-state index in [0.29, 0.717) is 0 Å². The number of hydroxylamine groups is 1. The fourth-order valence-electron chi connectivity index (χ4n) is 3.18. The Labute approximate surface area is 116 Å². The second-order valence-electron chi connectivity index (χ2n) is 5.18. The van der Waals surface area contributed by atoms with E-state index in [4.69, 9.17) is 4.84 Å². The van der Waals surface area contributed by atoms with Gasteiger partial charge in [0.05, 0.1) is 5.69 Å². The molecule has 1 atom stereocenters. The van der Waals surface area contributed by atoms with Crippen LogP contribution in [0.4, 0.5) is 11.4 Å². The van der Waals surface area contributed by atoms with Crippen LogP contribution in [0.3, 0.4) is 0 Å². The van der Waals surface area contributed by atoms with Crippen molar-refractivity contribution < 1.29 is 4.84 Å². The summed E-state index contributed by atoms with van der Waals surface area (Å²) in [6.07, 6.45) is 0.0472. The molecule has 0 radical (unpaired) electrons. The van der Waals surface area contributed by atoms with Gasteiger partial charge in [-0.2, -0.15) is 5.06 Å². The van der Waals surface area contributed by atoms with Crippen LogP contribution in [0.15, 0.2) is 60.7 Å². The average Bonchev–Trinajstić information content (AvgIpc) is 2.87. The van der Waals surface area contributed by atoms with Crippen LogP contribution in [0.1, 0.15) is 11.7 Å². The van der Waals surface area contributed by atoms with E-state index in [0.717, 1.165) is 17.1 Å². The molecule has 3 aromatic rings. The zero-order valence-corrected chi connectivity index (χ0v) is 10.7. The van der Waals surface area contributed by atoms with Crippen molar-refractivity contribution >= 4 is 22.1 Å². The van der Waals surface area contributed by atoms with E-state index < -0.39 is 0 Å². The van der Waals surface area contributed by atoms with Gasteiger partial charge < -0.3 is 10.2 Å². The predicted octanol–water partition coefficient (Wildman–Crippen LogP) is 4.08. The van der Waals surface area contributed by atoms with E-state index in [1.807, 2.05) is 29.3 Å². The highest BCUT2D eigenvalue weighted by atomic mass is 16.7. The highest BCUT2D eigenvalue weighted by Gasteiger charge is 2.36. The number of hydrogen-bond donors (Lipinski definition) is 1. The highest BCUT2D eigenvalue weighted by molar-refractivity contribution is 5.94. The maximum absolute atomic E-state index is 6.13. The van der Waals surface area contributed by atoms with E-state index in [1.54, 1.807) is 0 Å². The summed E-state index contributed by atoms with van der Waals surface area (Å²) in [5, 5.41) is 7.93. The van der Waals surface area contributed by atoms with Gasteiger partial charge in [-0.25, -0.2) is 0 Å². The fraction of sp³-hybridized carbons (Fsp3) is 0.0588. The minimum absolute atomic E-state index is 0.0472. The molecule has 3 heteroatoms. The fourth-order valence-corrected chi connectivity index (χ4v) is 3.18. The van der Waals surface area contributed by atoms with E-state index >= 15 is 0 Å². The molecule has 1 N–H and O–H groups in total. The molecule has 20 heavy (non-hydrogen) atoms. The first-order chi connectivity index (χ1) is 9.92. The number of benzene rings is 3. The quantitative estimate of drug-likeness (QED) is 0.659. The Morgan fingerprint density at radius 2 is 1.75 bits per heavy atom. The maximum Gasteiger partial charge on any atom is 0.163 e. The molecule has 2 heterocycles. The van der Waals surface area contributed by atoms with Gasteiger partial charge in [0.15, 0.2) is 11.9 Å². The van der Waals surface area contributed by atoms with Gasteiger partial charge in [-0.3, -0.25) is 0 Å². The number of nitrogens with one attached hydrogen (secondary N) is 1. The third kappa shape index (κ3) is 1.15. The largest absolute Gasteiger partial charge is 0.376 e. The molecule has 3 nitrogen and oxygen atoms in total. The Balaban J connectivity index is 1.80. The molecule has 5 rings (SSSR count). The van der Waals surface area contributed by atoms with Gasteiger partial charge in [-0.15, -0.1) is 0 Å². The van der Waals surface area contributed by atoms with Crippen molar-refractivity contribution in [2.24, 2.45) is 0 Å². The molecule has 0 bridgehead atoms. The lowest BCUT2D eigenvalue weighted by Gasteiger charge is -2.32. The first-order valence-corrected chi connectivity index (χ1v) is 6.76. The van der Waals surface area contributed by atoms with Crippen molar-refractivity contribution in [3.63, 3.8) is 0 Å². The molecular formula is C17H12N2O. The predicted molar refractivity (Wildman–Crippen MR) is 79.9 cm³/mol. The lowest BCUT2D eigenvalue weighted by molar-refractivity contribution is 0.254. The smallest absolute Gasteiger partial charge is 0.163 e.